The molecule has 5 nitrogen and oxygen atoms in total. The van der Waals surface area contributed by atoms with E-state index >= 15 is 0 Å². The predicted octanol–water partition coefficient (Wildman–Crippen LogP) is 2.16. The zero-order valence-corrected chi connectivity index (χ0v) is 12.9. The summed E-state index contributed by atoms with van der Waals surface area (Å²) in [4.78, 5) is 13.3. The van der Waals surface area contributed by atoms with Crippen molar-refractivity contribution in [2.24, 2.45) is 0 Å². The van der Waals surface area contributed by atoms with Crippen LogP contribution >= 0.6 is 0 Å². The first-order chi connectivity index (χ1) is 10.7. The van der Waals surface area contributed by atoms with E-state index in [1.807, 2.05) is 0 Å². The third-order valence-corrected chi connectivity index (χ3v) is 3.56. The Morgan fingerprint density at radius 3 is 3.05 bits per heavy atom. The molecule has 1 aliphatic heterocycles. The van der Waals surface area contributed by atoms with Crippen molar-refractivity contribution >= 4 is 6.03 Å². The number of nitrogens with one attached hydrogen (secondary N) is 1. The average Bonchev–Trinajstić information content (AvgIpc) is 3.02. The van der Waals surface area contributed by atoms with E-state index in [2.05, 4.69) is 5.32 Å². The van der Waals surface area contributed by atoms with Crippen molar-refractivity contribution < 1.29 is 18.7 Å². The third kappa shape index (κ3) is 5.27. The fourth-order valence-corrected chi connectivity index (χ4v) is 2.31. The maximum Gasteiger partial charge on any atom is 0.317 e. The highest BCUT2D eigenvalue weighted by molar-refractivity contribution is 5.73. The summed E-state index contributed by atoms with van der Waals surface area (Å²) in [6.07, 6.45) is 2.32. The number of nitrogens with zero attached hydrogens (tertiary/aromatic N) is 1. The van der Waals surface area contributed by atoms with E-state index in [9.17, 15) is 9.18 Å². The molecule has 1 aliphatic rings. The minimum Gasteiger partial charge on any atom is -0.377 e. The summed E-state index contributed by atoms with van der Waals surface area (Å²) in [6.45, 7) is 2.48. The number of carbonyl (C=O) groups is 1. The summed E-state index contributed by atoms with van der Waals surface area (Å²) in [7, 11) is 1.63. The van der Waals surface area contributed by atoms with Crippen LogP contribution in [0.25, 0.3) is 0 Å². The van der Waals surface area contributed by atoms with Crippen molar-refractivity contribution in [2.75, 3.05) is 33.4 Å². The largest absolute Gasteiger partial charge is 0.377 e. The number of rotatable bonds is 7. The number of urea groups is 1. The third-order valence-electron chi connectivity index (χ3n) is 3.56. The SMILES string of the molecule is CN(Cc1ccccc1F)C(=O)NCCOC[C@H]1CCCO1. The van der Waals surface area contributed by atoms with Crippen molar-refractivity contribution in [1.29, 1.82) is 0 Å². The van der Waals surface area contributed by atoms with E-state index in [1.54, 1.807) is 25.2 Å². The Morgan fingerprint density at radius 1 is 1.50 bits per heavy atom. The molecule has 1 atom stereocenters. The lowest BCUT2D eigenvalue weighted by Crippen LogP contribution is -2.38. The van der Waals surface area contributed by atoms with Crippen molar-refractivity contribution in [3.63, 3.8) is 0 Å². The van der Waals surface area contributed by atoms with E-state index < -0.39 is 0 Å². The molecule has 1 aromatic rings. The van der Waals surface area contributed by atoms with Gasteiger partial charge in [-0.3, -0.25) is 0 Å². The van der Waals surface area contributed by atoms with Crippen LogP contribution in [0.5, 0.6) is 0 Å². The summed E-state index contributed by atoms with van der Waals surface area (Å²) in [5.74, 6) is -0.304. The van der Waals surface area contributed by atoms with E-state index in [0.717, 1.165) is 19.4 Å². The van der Waals surface area contributed by atoms with E-state index in [1.165, 1.54) is 11.0 Å². The Hall–Kier alpha value is -1.66. The molecule has 1 saturated heterocycles. The van der Waals surface area contributed by atoms with Gasteiger partial charge in [0.25, 0.3) is 0 Å². The van der Waals surface area contributed by atoms with Crippen LogP contribution in [-0.4, -0.2) is 50.4 Å². The fourth-order valence-electron chi connectivity index (χ4n) is 2.31. The number of amides is 2. The minimum absolute atomic E-state index is 0.194. The van der Waals surface area contributed by atoms with Gasteiger partial charge in [-0.25, -0.2) is 9.18 Å². The summed E-state index contributed by atoms with van der Waals surface area (Å²) in [5.41, 5.74) is 0.495. The monoisotopic (exact) mass is 310 g/mol. The van der Waals surface area contributed by atoms with Gasteiger partial charge in [0.05, 0.1) is 19.3 Å². The Labute approximate surface area is 130 Å². The highest BCUT2D eigenvalue weighted by Gasteiger charge is 2.15. The van der Waals surface area contributed by atoms with Gasteiger partial charge in [0.2, 0.25) is 0 Å². The lowest BCUT2D eigenvalue weighted by Gasteiger charge is -2.18. The Balaban J connectivity index is 1.61. The highest BCUT2D eigenvalue weighted by atomic mass is 19.1. The molecule has 22 heavy (non-hydrogen) atoms. The normalized spacial score (nSPS) is 17.5. The number of ether oxygens (including phenoxy) is 2. The van der Waals surface area contributed by atoms with Gasteiger partial charge in [-0.1, -0.05) is 18.2 Å². The van der Waals surface area contributed by atoms with E-state index in [0.29, 0.717) is 25.3 Å². The lowest BCUT2D eigenvalue weighted by molar-refractivity contribution is 0.0186. The molecule has 0 spiro atoms. The van der Waals surface area contributed by atoms with Crippen LogP contribution in [0, 0.1) is 5.82 Å². The lowest BCUT2D eigenvalue weighted by atomic mass is 10.2. The molecule has 1 fully saturated rings. The first kappa shape index (κ1) is 16.7. The molecule has 6 heteroatoms. The predicted molar refractivity (Wildman–Crippen MR) is 81.1 cm³/mol. The van der Waals surface area contributed by atoms with Crippen LogP contribution < -0.4 is 5.32 Å². The first-order valence-electron chi connectivity index (χ1n) is 7.58. The molecular weight excluding hydrogens is 287 g/mol. The molecule has 0 aromatic heterocycles. The first-order valence-corrected chi connectivity index (χ1v) is 7.58. The van der Waals surface area contributed by atoms with Crippen molar-refractivity contribution in [1.82, 2.24) is 10.2 Å². The molecule has 0 unspecified atom stereocenters. The molecule has 1 N–H and O–H groups in total. The van der Waals surface area contributed by atoms with Crippen molar-refractivity contribution in [2.45, 2.75) is 25.5 Å². The van der Waals surface area contributed by atoms with Gasteiger partial charge >= 0.3 is 6.03 Å². The molecule has 1 heterocycles. The van der Waals surface area contributed by atoms with Crippen LogP contribution in [0.4, 0.5) is 9.18 Å². The minimum atomic E-state index is -0.304. The quantitative estimate of drug-likeness (QED) is 0.785. The van der Waals surface area contributed by atoms with Gasteiger partial charge in [-0.2, -0.15) is 0 Å². The number of hydrogen-bond acceptors (Lipinski definition) is 3. The van der Waals surface area contributed by atoms with Crippen LogP contribution in [0.3, 0.4) is 0 Å². The molecule has 0 bridgehead atoms. The Bertz CT molecular complexity index is 478. The summed E-state index contributed by atoms with van der Waals surface area (Å²) in [6, 6.07) is 6.20. The standard InChI is InChI=1S/C16H23FN2O3/c1-19(11-13-5-2-3-7-15(13)17)16(20)18-8-10-21-12-14-6-4-9-22-14/h2-3,5,7,14H,4,6,8-12H2,1H3,(H,18,20)/t14-/m1/s1. The molecule has 0 saturated carbocycles. The summed E-state index contributed by atoms with van der Waals surface area (Å²) >= 11 is 0. The number of carbonyl (C=O) groups excluding carboxylic acids is 1. The van der Waals surface area contributed by atoms with Crippen molar-refractivity contribution in [3.8, 4) is 0 Å². The smallest absolute Gasteiger partial charge is 0.317 e. The molecule has 2 amide bonds. The molecule has 122 valence electrons. The second-order valence-electron chi connectivity index (χ2n) is 5.39. The molecule has 2 rings (SSSR count). The molecular formula is C16H23FN2O3. The Kier molecular flexibility index (Phi) is 6.61. The average molecular weight is 310 g/mol. The number of hydrogen-bond donors (Lipinski definition) is 1. The Morgan fingerprint density at radius 2 is 2.32 bits per heavy atom. The zero-order chi connectivity index (χ0) is 15.8. The van der Waals surface area contributed by atoms with Gasteiger partial charge in [0, 0.05) is 32.3 Å². The van der Waals surface area contributed by atoms with Gasteiger partial charge in [0.15, 0.2) is 0 Å². The number of halogens is 1. The van der Waals surface area contributed by atoms with Crippen molar-refractivity contribution in [3.05, 3.63) is 35.6 Å². The molecule has 1 aromatic carbocycles. The maximum absolute atomic E-state index is 13.5. The van der Waals surface area contributed by atoms with Crippen LogP contribution in [-0.2, 0) is 16.0 Å². The van der Waals surface area contributed by atoms with Gasteiger partial charge in [0.1, 0.15) is 5.82 Å². The second-order valence-corrected chi connectivity index (χ2v) is 5.39. The van der Waals surface area contributed by atoms with Crippen LogP contribution in [0.2, 0.25) is 0 Å². The summed E-state index contributed by atoms with van der Waals surface area (Å²) in [5, 5.41) is 2.75. The fraction of sp³-hybridized carbons (Fsp3) is 0.562. The second kappa shape index (κ2) is 8.70. The van der Waals surface area contributed by atoms with Gasteiger partial charge in [-0.15, -0.1) is 0 Å². The molecule has 0 aliphatic carbocycles. The van der Waals surface area contributed by atoms with E-state index in [-0.39, 0.29) is 24.5 Å². The molecule has 0 radical (unpaired) electrons. The van der Waals surface area contributed by atoms with E-state index in [4.69, 9.17) is 9.47 Å². The van der Waals surface area contributed by atoms with Crippen LogP contribution in [0.15, 0.2) is 24.3 Å². The zero-order valence-electron chi connectivity index (χ0n) is 12.9. The van der Waals surface area contributed by atoms with Gasteiger partial charge < -0.3 is 19.7 Å². The highest BCUT2D eigenvalue weighted by Crippen LogP contribution is 2.11. The van der Waals surface area contributed by atoms with Crippen LogP contribution in [0.1, 0.15) is 18.4 Å². The topological polar surface area (TPSA) is 50.8 Å². The summed E-state index contributed by atoms with van der Waals surface area (Å²) < 4.78 is 24.4. The maximum atomic E-state index is 13.5. The number of benzene rings is 1. The van der Waals surface area contributed by atoms with Gasteiger partial charge in [-0.05, 0) is 18.9 Å².